The first-order valence-corrected chi connectivity index (χ1v) is 15.1. The minimum Gasteiger partial charge on any atom is -1.00 e. The first-order valence-electron chi connectivity index (χ1n) is 8.78. The number of hydrogen-bond acceptors (Lipinski definition) is 0. The van der Waals surface area contributed by atoms with Crippen molar-refractivity contribution in [2.24, 2.45) is 0 Å². The van der Waals surface area contributed by atoms with E-state index in [0.717, 1.165) is 0 Å². The van der Waals surface area contributed by atoms with Crippen LogP contribution in [0.5, 0.6) is 0 Å². The fraction of sp³-hybridized carbons (Fsp3) is 0.273. The average Bonchev–Trinajstić information content (AvgIpc) is 3.15. The van der Waals surface area contributed by atoms with Gasteiger partial charge in [-0.15, -0.1) is 0 Å². The van der Waals surface area contributed by atoms with Gasteiger partial charge in [-0.3, -0.25) is 0 Å². The maximum Gasteiger partial charge on any atom is -1.00 e. The molecule has 0 saturated heterocycles. The van der Waals surface area contributed by atoms with Gasteiger partial charge >= 0.3 is 164 Å². The maximum absolute atomic E-state index is 2.51. The van der Waals surface area contributed by atoms with E-state index in [4.69, 9.17) is 0 Å². The Morgan fingerprint density at radius 1 is 0.630 bits per heavy atom. The van der Waals surface area contributed by atoms with Gasteiger partial charge in [0.15, 0.2) is 0 Å². The summed E-state index contributed by atoms with van der Waals surface area (Å²) in [6.45, 7) is 9.71. The molecule has 2 aromatic carbocycles. The quantitative estimate of drug-likeness (QED) is 0.459. The molecule has 0 aromatic heterocycles. The average molecular weight is 469 g/mol. The van der Waals surface area contributed by atoms with Crippen LogP contribution in [-0.2, 0) is 19.2 Å². The maximum atomic E-state index is 2.51. The van der Waals surface area contributed by atoms with E-state index in [1.165, 1.54) is 11.1 Å². The molecule has 0 amide bonds. The van der Waals surface area contributed by atoms with Gasteiger partial charge in [0.1, 0.15) is 0 Å². The van der Waals surface area contributed by atoms with Crippen molar-refractivity contribution in [3.05, 3.63) is 81.4 Å². The molecule has 0 nitrogen and oxygen atoms in total. The standard InChI is InChI=1S/2C11H12P.2ClH.Ti/c2*1-12(2)11-7-9-5-3-4-6-10(9)8-11;;;/h2*3-8H,1-2H3;2*1H;/q;;;;+2/p-2. The molecule has 2 aliphatic rings. The first-order chi connectivity index (χ1) is 12.1. The van der Waals surface area contributed by atoms with Crippen molar-refractivity contribution in [3.63, 3.8) is 0 Å². The van der Waals surface area contributed by atoms with Crippen LogP contribution in [-0.4, -0.2) is 26.7 Å². The number of allylic oxidation sites excluding steroid dienone is 2. The van der Waals surface area contributed by atoms with Crippen molar-refractivity contribution in [1.82, 2.24) is 0 Å². The van der Waals surface area contributed by atoms with Gasteiger partial charge in [-0.05, 0) is 0 Å². The molecule has 0 saturated carbocycles. The minimum atomic E-state index is -0.181. The normalized spacial score (nSPS) is 19.5. The molecule has 0 radical (unpaired) electrons. The second-order valence-electron chi connectivity index (χ2n) is 7.22. The molecule has 2 atom stereocenters. The van der Waals surface area contributed by atoms with Crippen LogP contribution in [0.2, 0.25) is 0 Å². The smallest absolute Gasteiger partial charge is 1.00 e. The van der Waals surface area contributed by atoms with Gasteiger partial charge in [0.05, 0.1) is 0 Å². The summed E-state index contributed by atoms with van der Waals surface area (Å²) < 4.78 is 1.43. The SMILES string of the molecule is CP(C)C1=Cc2ccccc2[CH]1[Ti+2][CH]1C(P(C)C)=Cc2ccccc21.[Cl-].[Cl-]. The third kappa shape index (κ3) is 4.48. The molecular formula is C22H24Cl2P2Ti. The van der Waals surface area contributed by atoms with E-state index < -0.39 is 0 Å². The Morgan fingerprint density at radius 2 is 1.00 bits per heavy atom. The van der Waals surface area contributed by atoms with Crippen LogP contribution in [0.25, 0.3) is 12.2 Å². The summed E-state index contributed by atoms with van der Waals surface area (Å²) in [5, 5.41) is 3.47. The Kier molecular flexibility index (Phi) is 8.40. The molecule has 4 rings (SSSR count). The van der Waals surface area contributed by atoms with Crippen LogP contribution in [0.15, 0.2) is 59.2 Å². The molecule has 2 aromatic rings. The van der Waals surface area contributed by atoms with E-state index in [1.807, 2.05) is 0 Å². The Labute approximate surface area is 187 Å². The molecule has 5 heteroatoms. The molecule has 0 aliphatic heterocycles. The Hall–Kier alpha value is 0.0743. The van der Waals surface area contributed by atoms with E-state index in [1.54, 1.807) is 21.8 Å². The van der Waals surface area contributed by atoms with E-state index in [-0.39, 0.29) is 59.8 Å². The fourth-order valence-electron chi connectivity index (χ4n) is 3.91. The number of halogens is 2. The van der Waals surface area contributed by atoms with Crippen molar-refractivity contribution < 1.29 is 44.0 Å². The molecule has 2 unspecified atom stereocenters. The third-order valence-electron chi connectivity index (χ3n) is 5.18. The van der Waals surface area contributed by atoms with E-state index in [2.05, 4.69) is 87.3 Å². The van der Waals surface area contributed by atoms with Crippen LogP contribution < -0.4 is 24.8 Å². The van der Waals surface area contributed by atoms with E-state index >= 15 is 0 Å². The molecule has 27 heavy (non-hydrogen) atoms. The Morgan fingerprint density at radius 3 is 1.37 bits per heavy atom. The zero-order valence-corrected chi connectivity index (χ0v) is 20.9. The largest absolute Gasteiger partial charge is 1.00 e. The van der Waals surface area contributed by atoms with Crippen molar-refractivity contribution in [1.29, 1.82) is 0 Å². The number of benzene rings is 2. The van der Waals surface area contributed by atoms with Crippen molar-refractivity contribution in [2.45, 2.75) is 8.45 Å². The Balaban J connectivity index is 0.00000131. The van der Waals surface area contributed by atoms with Gasteiger partial charge in [-0.1, -0.05) is 0 Å². The van der Waals surface area contributed by atoms with Gasteiger partial charge in [-0.2, -0.15) is 0 Å². The van der Waals surface area contributed by atoms with Crippen LogP contribution in [0, 0.1) is 0 Å². The van der Waals surface area contributed by atoms with Gasteiger partial charge in [0, 0.05) is 0 Å². The summed E-state index contributed by atoms with van der Waals surface area (Å²) in [7, 11) is -0.0523. The number of fused-ring (bicyclic) bond motifs is 2. The van der Waals surface area contributed by atoms with Crippen molar-refractivity contribution in [3.8, 4) is 0 Å². The molecule has 140 valence electrons. The van der Waals surface area contributed by atoms with Gasteiger partial charge in [-0.25, -0.2) is 0 Å². The number of rotatable bonds is 4. The second kappa shape index (κ2) is 9.72. The molecule has 0 spiro atoms. The summed E-state index contributed by atoms with van der Waals surface area (Å²) in [5.41, 5.74) is 6.17. The van der Waals surface area contributed by atoms with Crippen LogP contribution >= 0.6 is 15.8 Å². The van der Waals surface area contributed by atoms with Crippen molar-refractivity contribution >= 4 is 28.0 Å². The van der Waals surface area contributed by atoms with Crippen LogP contribution in [0.4, 0.5) is 0 Å². The van der Waals surface area contributed by atoms with Crippen molar-refractivity contribution in [2.75, 3.05) is 26.7 Å². The van der Waals surface area contributed by atoms with Crippen LogP contribution in [0.1, 0.15) is 30.7 Å². The summed E-state index contributed by atoms with van der Waals surface area (Å²) in [6.07, 6.45) is 5.03. The van der Waals surface area contributed by atoms with Crippen LogP contribution in [0.3, 0.4) is 0 Å². The first kappa shape index (κ1) is 23.4. The monoisotopic (exact) mass is 468 g/mol. The fourth-order valence-corrected chi connectivity index (χ4v) is 11.7. The van der Waals surface area contributed by atoms with E-state index in [9.17, 15) is 0 Å². The summed E-state index contributed by atoms with van der Waals surface area (Å²) in [6, 6.07) is 18.2. The predicted octanol–water partition coefficient (Wildman–Crippen LogP) is 0.752. The van der Waals surface area contributed by atoms with Gasteiger partial charge in [0.25, 0.3) is 0 Å². The minimum absolute atomic E-state index is 0. The molecule has 0 N–H and O–H groups in total. The Bertz CT molecular complexity index is 803. The molecule has 0 fully saturated rings. The molecule has 2 aliphatic carbocycles. The molecule has 0 heterocycles. The summed E-state index contributed by atoms with van der Waals surface area (Å²) in [4.78, 5) is 0. The zero-order chi connectivity index (χ0) is 17.6. The van der Waals surface area contributed by atoms with Gasteiger partial charge in [0.2, 0.25) is 0 Å². The molecular weight excluding hydrogens is 445 g/mol. The topological polar surface area (TPSA) is 0 Å². The zero-order valence-electron chi connectivity index (χ0n) is 16.1. The third-order valence-corrected chi connectivity index (χ3v) is 11.8. The predicted molar refractivity (Wildman–Crippen MR) is 112 cm³/mol. The number of hydrogen-bond donors (Lipinski definition) is 0. The van der Waals surface area contributed by atoms with Gasteiger partial charge < -0.3 is 24.8 Å². The summed E-state index contributed by atoms with van der Waals surface area (Å²) >= 11 is -0.181. The van der Waals surface area contributed by atoms with E-state index in [0.29, 0.717) is 8.45 Å². The second-order valence-corrected chi connectivity index (χ2v) is 14.2. The molecule has 0 bridgehead atoms. The summed E-state index contributed by atoms with van der Waals surface area (Å²) in [5.74, 6) is 0.